The van der Waals surface area contributed by atoms with Gasteiger partial charge in [0.1, 0.15) is 5.75 Å². The maximum Gasteiger partial charge on any atom is 0.241 e. The lowest BCUT2D eigenvalue weighted by atomic mass is 10.2. The van der Waals surface area contributed by atoms with Crippen molar-refractivity contribution in [1.29, 1.82) is 0 Å². The zero-order valence-electron chi connectivity index (χ0n) is 13.2. The molecule has 1 N–H and O–H groups in total. The molecule has 0 aliphatic heterocycles. The fourth-order valence-corrected chi connectivity index (χ4v) is 4.56. The molecule has 0 bridgehead atoms. The van der Waals surface area contributed by atoms with Gasteiger partial charge in [-0.15, -0.1) is 10.2 Å². The van der Waals surface area contributed by atoms with E-state index in [-0.39, 0.29) is 10.0 Å². The molecule has 1 aromatic carbocycles. The number of carbonyl (C=O) groups excluding carboxylic acids is 1. The van der Waals surface area contributed by atoms with Gasteiger partial charge < -0.3 is 4.74 Å². The van der Waals surface area contributed by atoms with E-state index in [4.69, 9.17) is 4.74 Å². The Kier molecular flexibility index (Phi) is 6.72. The Morgan fingerprint density at radius 1 is 1.29 bits per heavy atom. The molecule has 24 heavy (non-hydrogen) atoms. The molecule has 10 heteroatoms. The summed E-state index contributed by atoms with van der Waals surface area (Å²) in [6.45, 7) is 2.45. The summed E-state index contributed by atoms with van der Waals surface area (Å²) < 4.78 is 30.0. The minimum absolute atomic E-state index is 0.122. The summed E-state index contributed by atoms with van der Waals surface area (Å²) in [6.07, 6.45) is 0. The second-order valence-corrected chi connectivity index (χ2v) is 9.14. The fraction of sp³-hybridized carbons (Fsp3) is 0.357. The van der Waals surface area contributed by atoms with Gasteiger partial charge in [0.2, 0.25) is 11.0 Å². The molecule has 0 unspecified atom stereocenters. The van der Waals surface area contributed by atoms with Crippen molar-refractivity contribution in [2.75, 3.05) is 30.5 Å². The summed E-state index contributed by atoms with van der Waals surface area (Å²) in [4.78, 5) is 12.1. The molecule has 130 valence electrons. The summed E-state index contributed by atoms with van der Waals surface area (Å²) in [5.74, 6) is -0.553. The van der Waals surface area contributed by atoms with Crippen LogP contribution in [0.1, 0.15) is 5.56 Å². The van der Waals surface area contributed by atoms with Gasteiger partial charge in [-0.05, 0) is 19.1 Å². The molecule has 1 aromatic heterocycles. The number of thioether (sulfide) groups is 1. The number of aryl methyl sites for hydroxylation is 1. The summed E-state index contributed by atoms with van der Waals surface area (Å²) in [5, 5.41) is 10.5. The molecular formula is C14H17N3O4S3. The van der Waals surface area contributed by atoms with E-state index < -0.39 is 21.5 Å². The third-order valence-corrected chi connectivity index (χ3v) is 6.44. The van der Waals surface area contributed by atoms with E-state index in [1.165, 1.54) is 35.2 Å². The number of benzene rings is 1. The van der Waals surface area contributed by atoms with Crippen LogP contribution < -0.4 is 5.32 Å². The van der Waals surface area contributed by atoms with Crippen LogP contribution in [0.3, 0.4) is 0 Å². The lowest BCUT2D eigenvalue weighted by Gasteiger charge is -2.04. The Morgan fingerprint density at radius 2 is 2.00 bits per heavy atom. The van der Waals surface area contributed by atoms with Gasteiger partial charge in [0, 0.05) is 12.9 Å². The summed E-state index contributed by atoms with van der Waals surface area (Å²) in [5.41, 5.74) is 0.950. The highest BCUT2D eigenvalue weighted by atomic mass is 32.2. The number of sulfone groups is 1. The van der Waals surface area contributed by atoms with Crippen LogP contribution in [0.2, 0.25) is 0 Å². The smallest absolute Gasteiger partial charge is 0.241 e. The molecule has 7 nitrogen and oxygen atoms in total. The van der Waals surface area contributed by atoms with Gasteiger partial charge in [-0.3, -0.25) is 10.1 Å². The van der Waals surface area contributed by atoms with Gasteiger partial charge in [0.15, 0.2) is 14.2 Å². The van der Waals surface area contributed by atoms with Crippen LogP contribution in [-0.4, -0.2) is 49.7 Å². The minimum Gasteiger partial charge on any atom is -0.384 e. The van der Waals surface area contributed by atoms with Gasteiger partial charge in [0.05, 0.1) is 11.5 Å². The zero-order valence-corrected chi connectivity index (χ0v) is 15.6. The van der Waals surface area contributed by atoms with Crippen LogP contribution in [0.4, 0.5) is 5.13 Å². The number of anilines is 1. The number of ether oxygens (including phenoxy) is 1. The molecule has 0 spiro atoms. The summed E-state index contributed by atoms with van der Waals surface area (Å²) >= 11 is 2.65. The van der Waals surface area contributed by atoms with E-state index >= 15 is 0 Å². The normalized spacial score (nSPS) is 11.4. The maximum atomic E-state index is 12.2. The predicted molar refractivity (Wildman–Crippen MR) is 94.4 cm³/mol. The number of rotatable bonds is 8. The highest BCUT2D eigenvalue weighted by Gasteiger charge is 2.20. The quantitative estimate of drug-likeness (QED) is 0.420. The van der Waals surface area contributed by atoms with Gasteiger partial charge in [-0.2, -0.15) is 0 Å². The number of hydrogen-bond donors (Lipinski definition) is 1. The van der Waals surface area contributed by atoms with Gasteiger partial charge in [-0.25, -0.2) is 8.42 Å². The highest BCUT2D eigenvalue weighted by molar-refractivity contribution is 8.01. The van der Waals surface area contributed by atoms with Crippen molar-refractivity contribution in [3.05, 3.63) is 29.8 Å². The second-order valence-electron chi connectivity index (χ2n) is 4.83. The van der Waals surface area contributed by atoms with Crippen LogP contribution in [0, 0.1) is 6.92 Å². The first kappa shape index (κ1) is 18.8. The monoisotopic (exact) mass is 387 g/mol. The number of amides is 1. The molecule has 1 heterocycles. The zero-order chi connectivity index (χ0) is 17.6. The third kappa shape index (κ3) is 5.55. The Morgan fingerprint density at radius 3 is 2.67 bits per heavy atom. The second kappa shape index (κ2) is 8.56. The van der Waals surface area contributed by atoms with Crippen LogP contribution in [0.15, 0.2) is 33.5 Å². The van der Waals surface area contributed by atoms with Crippen LogP contribution >= 0.6 is 23.1 Å². The Bertz CT molecular complexity index is 788. The number of hydrogen-bond acceptors (Lipinski definition) is 8. The number of carbonyl (C=O) groups is 1. The molecule has 0 aliphatic rings. The Labute approximate surface area is 148 Å². The van der Waals surface area contributed by atoms with Crippen molar-refractivity contribution in [1.82, 2.24) is 10.2 Å². The standard InChI is InChI=1S/C14H17N3O4S3/c1-10-3-5-11(6-4-10)24(19,20)9-12(18)15-13-16-17-14(23-13)22-8-7-21-2/h3-6H,7-9H2,1-2H3,(H,15,16,18). The first-order valence-electron chi connectivity index (χ1n) is 6.95. The molecule has 2 aromatic rings. The summed E-state index contributed by atoms with van der Waals surface area (Å²) in [7, 11) is -2.07. The number of nitrogens with one attached hydrogen (secondary N) is 1. The number of aromatic nitrogens is 2. The van der Waals surface area contributed by atoms with Crippen molar-refractivity contribution < 1.29 is 17.9 Å². The molecule has 1 amide bonds. The molecule has 0 atom stereocenters. The minimum atomic E-state index is -3.68. The largest absolute Gasteiger partial charge is 0.384 e. The van der Waals surface area contributed by atoms with E-state index in [1.54, 1.807) is 19.2 Å². The molecular weight excluding hydrogens is 370 g/mol. The van der Waals surface area contributed by atoms with Crippen molar-refractivity contribution in [2.45, 2.75) is 16.2 Å². The maximum absolute atomic E-state index is 12.2. The van der Waals surface area contributed by atoms with Crippen molar-refractivity contribution in [2.24, 2.45) is 0 Å². The predicted octanol–water partition coefficient (Wildman–Crippen LogP) is 2.00. The fourth-order valence-electron chi connectivity index (χ4n) is 1.69. The van der Waals surface area contributed by atoms with Crippen molar-refractivity contribution in [3.63, 3.8) is 0 Å². The van der Waals surface area contributed by atoms with E-state index in [2.05, 4.69) is 15.5 Å². The van der Waals surface area contributed by atoms with Gasteiger partial charge in [0.25, 0.3) is 0 Å². The van der Waals surface area contributed by atoms with Crippen molar-refractivity contribution >= 4 is 44.0 Å². The van der Waals surface area contributed by atoms with Gasteiger partial charge >= 0.3 is 0 Å². The van der Waals surface area contributed by atoms with Crippen LogP contribution in [0.25, 0.3) is 0 Å². The van der Waals surface area contributed by atoms with Crippen LogP contribution in [-0.2, 0) is 19.4 Å². The Hall–Kier alpha value is -1.49. The van der Waals surface area contributed by atoms with E-state index in [0.717, 1.165) is 11.3 Å². The lowest BCUT2D eigenvalue weighted by molar-refractivity contribution is -0.113. The topological polar surface area (TPSA) is 98.2 Å². The van der Waals surface area contributed by atoms with Crippen LogP contribution in [0.5, 0.6) is 0 Å². The molecule has 0 radical (unpaired) electrons. The SMILES string of the molecule is COCCSc1nnc(NC(=O)CS(=O)(=O)c2ccc(C)cc2)s1. The van der Waals surface area contributed by atoms with E-state index in [0.29, 0.717) is 10.9 Å². The molecule has 0 saturated heterocycles. The molecule has 0 aliphatic carbocycles. The van der Waals surface area contributed by atoms with Gasteiger partial charge in [-0.1, -0.05) is 40.8 Å². The molecule has 0 saturated carbocycles. The highest BCUT2D eigenvalue weighted by Crippen LogP contribution is 2.25. The third-order valence-electron chi connectivity index (χ3n) is 2.87. The average Bonchev–Trinajstić information content (AvgIpc) is 2.94. The van der Waals surface area contributed by atoms with E-state index in [9.17, 15) is 13.2 Å². The number of methoxy groups -OCH3 is 1. The lowest BCUT2D eigenvalue weighted by Crippen LogP contribution is -2.23. The van der Waals surface area contributed by atoms with Crippen molar-refractivity contribution in [3.8, 4) is 0 Å². The average molecular weight is 388 g/mol. The Balaban J connectivity index is 1.94. The summed E-state index contributed by atoms with van der Waals surface area (Å²) in [6, 6.07) is 6.37. The first-order chi connectivity index (χ1) is 11.4. The molecule has 2 rings (SSSR count). The first-order valence-corrected chi connectivity index (χ1v) is 10.4. The molecule has 0 fully saturated rings. The number of nitrogens with zero attached hydrogens (tertiary/aromatic N) is 2. The van der Waals surface area contributed by atoms with E-state index in [1.807, 2.05) is 6.92 Å².